The van der Waals surface area contributed by atoms with E-state index in [2.05, 4.69) is 15.6 Å². The van der Waals surface area contributed by atoms with Gasteiger partial charge in [0.05, 0.1) is 0 Å². The number of aromatic nitrogens is 1. The smallest absolute Gasteiger partial charge is 0.220 e. The maximum atomic E-state index is 11.7. The number of carbonyl (C=O) groups is 1. The van der Waals surface area contributed by atoms with Gasteiger partial charge in [0, 0.05) is 25.4 Å². The van der Waals surface area contributed by atoms with E-state index < -0.39 is 0 Å². The third-order valence-electron chi connectivity index (χ3n) is 3.66. The maximum absolute atomic E-state index is 11.7. The van der Waals surface area contributed by atoms with Crippen molar-refractivity contribution in [2.75, 3.05) is 19.6 Å². The molecule has 1 aliphatic heterocycles. The van der Waals surface area contributed by atoms with Crippen molar-refractivity contribution in [2.24, 2.45) is 5.92 Å². The number of rotatable bonds is 6. The molecular formula is C15H23N3O. The monoisotopic (exact) mass is 261 g/mol. The van der Waals surface area contributed by atoms with Crippen molar-refractivity contribution in [3.8, 4) is 0 Å². The fourth-order valence-electron chi connectivity index (χ4n) is 2.49. The molecule has 2 rings (SSSR count). The zero-order valence-electron chi connectivity index (χ0n) is 11.4. The summed E-state index contributed by atoms with van der Waals surface area (Å²) in [5, 5.41) is 6.38. The fourth-order valence-corrected chi connectivity index (χ4v) is 2.49. The fraction of sp³-hybridized carbons (Fsp3) is 0.600. The summed E-state index contributed by atoms with van der Waals surface area (Å²) in [5.41, 5.74) is 1.21. The minimum atomic E-state index is 0.180. The van der Waals surface area contributed by atoms with Crippen LogP contribution in [0.25, 0.3) is 0 Å². The van der Waals surface area contributed by atoms with Gasteiger partial charge in [0.25, 0.3) is 0 Å². The quantitative estimate of drug-likeness (QED) is 0.816. The van der Waals surface area contributed by atoms with Gasteiger partial charge >= 0.3 is 0 Å². The number of carbonyl (C=O) groups excluding carboxylic acids is 1. The van der Waals surface area contributed by atoms with Crippen LogP contribution in [0.3, 0.4) is 0 Å². The highest BCUT2D eigenvalue weighted by Crippen LogP contribution is 2.15. The van der Waals surface area contributed by atoms with Crippen molar-refractivity contribution < 1.29 is 4.79 Å². The van der Waals surface area contributed by atoms with Crippen LogP contribution in [0.4, 0.5) is 0 Å². The van der Waals surface area contributed by atoms with Gasteiger partial charge in [-0.2, -0.15) is 0 Å². The lowest BCUT2D eigenvalue weighted by Crippen LogP contribution is -2.31. The summed E-state index contributed by atoms with van der Waals surface area (Å²) in [6, 6.07) is 3.97. The van der Waals surface area contributed by atoms with E-state index in [1.165, 1.54) is 18.4 Å². The van der Waals surface area contributed by atoms with Gasteiger partial charge in [-0.1, -0.05) is 0 Å². The Labute approximate surface area is 115 Å². The number of hydrogen-bond donors (Lipinski definition) is 2. The number of pyridine rings is 1. The van der Waals surface area contributed by atoms with Crippen molar-refractivity contribution in [3.63, 3.8) is 0 Å². The van der Waals surface area contributed by atoms with Crippen molar-refractivity contribution in [3.05, 3.63) is 30.1 Å². The van der Waals surface area contributed by atoms with Gasteiger partial charge in [0.2, 0.25) is 5.91 Å². The van der Waals surface area contributed by atoms with E-state index in [9.17, 15) is 4.79 Å². The summed E-state index contributed by atoms with van der Waals surface area (Å²) < 4.78 is 0. The Morgan fingerprint density at radius 1 is 1.42 bits per heavy atom. The number of nitrogens with one attached hydrogen (secondary N) is 2. The molecule has 1 unspecified atom stereocenters. The topological polar surface area (TPSA) is 54.0 Å². The highest BCUT2D eigenvalue weighted by atomic mass is 16.1. The average Bonchev–Trinajstić information content (AvgIpc) is 2.47. The largest absolute Gasteiger partial charge is 0.356 e. The van der Waals surface area contributed by atoms with E-state index in [0.29, 0.717) is 18.9 Å². The maximum Gasteiger partial charge on any atom is 0.220 e. The van der Waals surface area contributed by atoms with E-state index >= 15 is 0 Å². The Morgan fingerprint density at radius 3 is 3.00 bits per heavy atom. The van der Waals surface area contributed by atoms with Crippen molar-refractivity contribution in [1.82, 2.24) is 15.6 Å². The first-order valence-electron chi connectivity index (χ1n) is 7.21. The highest BCUT2D eigenvalue weighted by Gasteiger charge is 2.14. The number of amides is 1. The van der Waals surface area contributed by atoms with Crippen molar-refractivity contribution in [2.45, 2.75) is 32.1 Å². The van der Waals surface area contributed by atoms with Crippen LogP contribution in [-0.4, -0.2) is 30.5 Å². The molecule has 19 heavy (non-hydrogen) atoms. The minimum Gasteiger partial charge on any atom is -0.356 e. The van der Waals surface area contributed by atoms with Crippen LogP contribution in [-0.2, 0) is 11.2 Å². The van der Waals surface area contributed by atoms with Gasteiger partial charge in [-0.15, -0.1) is 0 Å². The van der Waals surface area contributed by atoms with Gasteiger partial charge in [0.15, 0.2) is 0 Å². The Balaban J connectivity index is 1.57. The second-order valence-corrected chi connectivity index (χ2v) is 5.21. The Bertz CT molecular complexity index is 374. The summed E-state index contributed by atoms with van der Waals surface area (Å²) in [4.78, 5) is 15.7. The van der Waals surface area contributed by atoms with Crippen molar-refractivity contribution in [1.29, 1.82) is 0 Å². The number of piperidine rings is 1. The van der Waals surface area contributed by atoms with Crippen LogP contribution < -0.4 is 10.6 Å². The lowest BCUT2D eigenvalue weighted by atomic mass is 9.94. The predicted molar refractivity (Wildman–Crippen MR) is 75.8 cm³/mol. The van der Waals surface area contributed by atoms with Crippen LogP contribution in [0.2, 0.25) is 0 Å². The van der Waals surface area contributed by atoms with Gasteiger partial charge < -0.3 is 10.6 Å². The van der Waals surface area contributed by atoms with Crippen LogP contribution in [0.1, 0.15) is 31.2 Å². The number of nitrogens with zero attached hydrogens (tertiary/aromatic N) is 1. The molecule has 0 aromatic carbocycles. The summed E-state index contributed by atoms with van der Waals surface area (Å²) in [6.45, 7) is 2.92. The molecule has 1 aromatic rings. The second kappa shape index (κ2) is 7.89. The van der Waals surface area contributed by atoms with Crippen LogP contribution in [0.15, 0.2) is 24.5 Å². The van der Waals surface area contributed by atoms with E-state index in [0.717, 1.165) is 25.9 Å². The molecule has 0 spiro atoms. The molecule has 1 aliphatic rings. The average molecular weight is 261 g/mol. The molecule has 1 saturated heterocycles. The third kappa shape index (κ3) is 5.39. The molecule has 1 atom stereocenters. The zero-order valence-corrected chi connectivity index (χ0v) is 11.4. The molecule has 2 heterocycles. The van der Waals surface area contributed by atoms with Gasteiger partial charge in [-0.3, -0.25) is 9.78 Å². The first kappa shape index (κ1) is 14.0. The normalized spacial score (nSPS) is 19.1. The van der Waals surface area contributed by atoms with Gasteiger partial charge in [-0.05, 0) is 62.4 Å². The summed E-state index contributed by atoms with van der Waals surface area (Å²) in [5.74, 6) is 0.860. The number of hydrogen-bond acceptors (Lipinski definition) is 3. The van der Waals surface area contributed by atoms with E-state index in [1.807, 2.05) is 12.1 Å². The van der Waals surface area contributed by atoms with E-state index in [4.69, 9.17) is 0 Å². The molecule has 1 aromatic heterocycles. The molecule has 0 bridgehead atoms. The van der Waals surface area contributed by atoms with Gasteiger partial charge in [-0.25, -0.2) is 0 Å². The summed E-state index contributed by atoms with van der Waals surface area (Å²) in [6.07, 6.45) is 8.61. The molecular weight excluding hydrogens is 238 g/mol. The molecule has 104 valence electrons. The van der Waals surface area contributed by atoms with Crippen LogP contribution in [0, 0.1) is 5.92 Å². The predicted octanol–water partition coefficient (Wildman–Crippen LogP) is 1.52. The minimum absolute atomic E-state index is 0.180. The zero-order chi connectivity index (χ0) is 13.3. The standard InChI is InChI=1S/C15H23N3O/c19-15(4-3-14-2-1-8-17-12-14)18-11-7-13-5-9-16-10-6-13/h5-6,9-10,14,17H,1-4,7-8,11-12H2,(H,18,19). The SMILES string of the molecule is O=C(CCC1CCCNC1)NCCc1ccncc1. The first-order chi connectivity index (χ1) is 9.34. The molecule has 4 heteroatoms. The Morgan fingerprint density at radius 2 is 2.26 bits per heavy atom. The van der Waals surface area contributed by atoms with Crippen LogP contribution >= 0.6 is 0 Å². The Hall–Kier alpha value is -1.42. The molecule has 1 amide bonds. The second-order valence-electron chi connectivity index (χ2n) is 5.21. The van der Waals surface area contributed by atoms with Gasteiger partial charge in [0.1, 0.15) is 0 Å². The lowest BCUT2D eigenvalue weighted by Gasteiger charge is -2.22. The van der Waals surface area contributed by atoms with E-state index in [1.54, 1.807) is 12.4 Å². The molecule has 1 fully saturated rings. The molecule has 4 nitrogen and oxygen atoms in total. The molecule has 0 saturated carbocycles. The first-order valence-corrected chi connectivity index (χ1v) is 7.21. The third-order valence-corrected chi connectivity index (χ3v) is 3.66. The molecule has 0 radical (unpaired) electrons. The lowest BCUT2D eigenvalue weighted by molar-refractivity contribution is -0.121. The summed E-state index contributed by atoms with van der Waals surface area (Å²) in [7, 11) is 0. The van der Waals surface area contributed by atoms with Crippen LogP contribution in [0.5, 0.6) is 0 Å². The highest BCUT2D eigenvalue weighted by molar-refractivity contribution is 5.75. The molecule has 0 aliphatic carbocycles. The molecule has 2 N–H and O–H groups in total. The van der Waals surface area contributed by atoms with Crippen molar-refractivity contribution >= 4 is 5.91 Å². The van der Waals surface area contributed by atoms with E-state index in [-0.39, 0.29) is 5.91 Å². The Kier molecular flexibility index (Phi) is 5.82. The summed E-state index contributed by atoms with van der Waals surface area (Å²) >= 11 is 0.